The van der Waals surface area contributed by atoms with Crippen molar-refractivity contribution in [3.8, 4) is 11.6 Å². The van der Waals surface area contributed by atoms with Crippen molar-refractivity contribution in [3.63, 3.8) is 0 Å². The minimum atomic E-state index is -0.488. The molecule has 0 aliphatic carbocycles. The van der Waals surface area contributed by atoms with Crippen LogP contribution in [-0.2, 0) is 11.3 Å². The predicted molar refractivity (Wildman–Crippen MR) is 116 cm³/mol. The molecular weight excluding hydrogens is 418 g/mol. The van der Waals surface area contributed by atoms with Gasteiger partial charge < -0.3 is 9.73 Å². The molecule has 4 aromatic rings. The standard InChI is InChI=1S/C21H17N5O4S/c27-19(22-16-8-10-17(11-9-16)26(28)29)14-31-21-24-23-20(18-7-4-12-30-18)25(21)13-15-5-2-1-3-6-15/h1-12H,13-14H2,(H,22,27). The number of rotatable bonds is 8. The van der Waals surface area contributed by atoms with Gasteiger partial charge in [-0.2, -0.15) is 0 Å². The van der Waals surface area contributed by atoms with Crippen LogP contribution in [0.4, 0.5) is 11.4 Å². The Kier molecular flexibility index (Phi) is 6.08. The summed E-state index contributed by atoms with van der Waals surface area (Å²) in [5.74, 6) is 1.01. The second-order valence-electron chi connectivity index (χ2n) is 6.50. The summed E-state index contributed by atoms with van der Waals surface area (Å²) in [5, 5.41) is 22.5. The predicted octanol–water partition coefficient (Wildman–Crippen LogP) is 4.23. The van der Waals surface area contributed by atoms with Gasteiger partial charge in [-0.15, -0.1) is 10.2 Å². The van der Waals surface area contributed by atoms with Crippen molar-refractivity contribution in [1.29, 1.82) is 0 Å². The first-order valence-corrected chi connectivity index (χ1v) is 10.3. The maximum absolute atomic E-state index is 12.4. The third kappa shape index (κ3) is 4.98. The molecule has 0 aliphatic rings. The molecule has 0 aliphatic heterocycles. The molecule has 9 nitrogen and oxygen atoms in total. The summed E-state index contributed by atoms with van der Waals surface area (Å²) in [6, 6.07) is 19.1. The highest BCUT2D eigenvalue weighted by atomic mass is 32.2. The minimum absolute atomic E-state index is 0.0353. The normalized spacial score (nSPS) is 10.7. The van der Waals surface area contributed by atoms with Crippen molar-refractivity contribution < 1.29 is 14.1 Å². The number of thioether (sulfide) groups is 1. The number of benzene rings is 2. The van der Waals surface area contributed by atoms with Gasteiger partial charge in [0, 0.05) is 17.8 Å². The van der Waals surface area contributed by atoms with E-state index in [1.165, 1.54) is 36.0 Å². The fourth-order valence-electron chi connectivity index (χ4n) is 2.89. The zero-order valence-electron chi connectivity index (χ0n) is 16.2. The van der Waals surface area contributed by atoms with Crippen molar-refractivity contribution in [3.05, 3.63) is 88.7 Å². The van der Waals surface area contributed by atoms with Crippen molar-refractivity contribution in [2.24, 2.45) is 0 Å². The number of amides is 1. The molecule has 10 heteroatoms. The van der Waals surface area contributed by atoms with E-state index in [-0.39, 0.29) is 17.3 Å². The first kappa shape index (κ1) is 20.4. The number of nitrogens with one attached hydrogen (secondary N) is 1. The van der Waals surface area contributed by atoms with E-state index in [9.17, 15) is 14.9 Å². The molecule has 4 rings (SSSR count). The molecular formula is C21H17N5O4S. The van der Waals surface area contributed by atoms with Crippen molar-refractivity contribution >= 4 is 29.0 Å². The topological polar surface area (TPSA) is 116 Å². The molecule has 0 bridgehead atoms. The number of hydrogen-bond donors (Lipinski definition) is 1. The largest absolute Gasteiger partial charge is 0.461 e. The Hall–Kier alpha value is -3.92. The smallest absolute Gasteiger partial charge is 0.269 e. The lowest BCUT2D eigenvalue weighted by molar-refractivity contribution is -0.384. The second kappa shape index (κ2) is 9.26. The number of non-ortho nitro benzene ring substituents is 1. The van der Waals surface area contributed by atoms with E-state index in [1.54, 1.807) is 18.4 Å². The van der Waals surface area contributed by atoms with Gasteiger partial charge in [-0.25, -0.2) is 0 Å². The molecule has 1 amide bonds. The quantitative estimate of drug-likeness (QED) is 0.250. The molecule has 31 heavy (non-hydrogen) atoms. The first-order valence-electron chi connectivity index (χ1n) is 9.28. The lowest BCUT2D eigenvalue weighted by atomic mass is 10.2. The van der Waals surface area contributed by atoms with Gasteiger partial charge in [0.05, 0.1) is 23.5 Å². The summed E-state index contributed by atoms with van der Waals surface area (Å²) < 4.78 is 7.38. The van der Waals surface area contributed by atoms with Crippen LogP contribution < -0.4 is 5.32 Å². The highest BCUT2D eigenvalue weighted by Gasteiger charge is 2.18. The van der Waals surface area contributed by atoms with Crippen LogP contribution in [0.2, 0.25) is 0 Å². The number of nitrogens with zero attached hydrogens (tertiary/aromatic N) is 4. The van der Waals surface area contributed by atoms with E-state index in [1.807, 2.05) is 34.9 Å². The Morgan fingerprint density at radius 1 is 1.06 bits per heavy atom. The van der Waals surface area contributed by atoms with Crippen molar-refractivity contribution in [2.45, 2.75) is 11.7 Å². The molecule has 1 N–H and O–H groups in total. The number of anilines is 1. The fraction of sp³-hybridized carbons (Fsp3) is 0.0952. The summed E-state index contributed by atoms with van der Waals surface area (Å²) in [7, 11) is 0. The summed E-state index contributed by atoms with van der Waals surface area (Å²) in [6.45, 7) is 0.524. The molecule has 2 aromatic carbocycles. The van der Waals surface area contributed by atoms with Crippen LogP contribution in [0.15, 0.2) is 82.6 Å². The highest BCUT2D eigenvalue weighted by Crippen LogP contribution is 2.26. The Labute approximate surface area is 181 Å². The number of aromatic nitrogens is 3. The number of nitro benzene ring substituents is 1. The van der Waals surface area contributed by atoms with E-state index in [4.69, 9.17) is 4.42 Å². The van der Waals surface area contributed by atoms with Crippen LogP contribution in [0.5, 0.6) is 0 Å². The van der Waals surface area contributed by atoms with Gasteiger partial charge in [0.25, 0.3) is 5.69 Å². The molecule has 0 radical (unpaired) electrons. The number of nitro groups is 1. The summed E-state index contributed by atoms with van der Waals surface area (Å²) in [6.07, 6.45) is 1.57. The fourth-order valence-corrected chi connectivity index (χ4v) is 3.62. The monoisotopic (exact) mass is 435 g/mol. The van der Waals surface area contributed by atoms with Gasteiger partial charge in [-0.05, 0) is 29.8 Å². The van der Waals surface area contributed by atoms with E-state index < -0.39 is 4.92 Å². The van der Waals surface area contributed by atoms with Gasteiger partial charge >= 0.3 is 0 Å². The van der Waals surface area contributed by atoms with Gasteiger partial charge in [-0.1, -0.05) is 42.1 Å². The highest BCUT2D eigenvalue weighted by molar-refractivity contribution is 7.99. The number of furan rings is 1. The third-order valence-corrected chi connectivity index (χ3v) is 5.30. The van der Waals surface area contributed by atoms with Gasteiger partial charge in [0.2, 0.25) is 11.7 Å². The Balaban J connectivity index is 1.47. The molecule has 0 fully saturated rings. The molecule has 0 saturated heterocycles. The average Bonchev–Trinajstić information content (AvgIpc) is 3.43. The minimum Gasteiger partial charge on any atom is -0.461 e. The zero-order chi connectivity index (χ0) is 21.6. The number of carbonyl (C=O) groups excluding carboxylic acids is 1. The Morgan fingerprint density at radius 2 is 1.84 bits per heavy atom. The maximum Gasteiger partial charge on any atom is 0.269 e. The lowest BCUT2D eigenvalue weighted by Crippen LogP contribution is -2.14. The zero-order valence-corrected chi connectivity index (χ0v) is 17.0. The van der Waals surface area contributed by atoms with Crippen LogP contribution in [0.1, 0.15) is 5.56 Å². The Morgan fingerprint density at radius 3 is 2.52 bits per heavy atom. The molecule has 0 atom stereocenters. The number of hydrogen-bond acceptors (Lipinski definition) is 7. The van der Waals surface area contributed by atoms with Crippen LogP contribution in [-0.4, -0.2) is 31.3 Å². The third-order valence-electron chi connectivity index (χ3n) is 4.34. The summed E-state index contributed by atoms with van der Waals surface area (Å²) >= 11 is 1.25. The lowest BCUT2D eigenvalue weighted by Gasteiger charge is -2.09. The summed E-state index contributed by atoms with van der Waals surface area (Å²) in [4.78, 5) is 22.6. The number of carbonyl (C=O) groups is 1. The van der Waals surface area contributed by atoms with Crippen LogP contribution in [0.3, 0.4) is 0 Å². The van der Waals surface area contributed by atoms with Gasteiger partial charge in [-0.3, -0.25) is 19.5 Å². The van der Waals surface area contributed by atoms with Crippen LogP contribution >= 0.6 is 11.8 Å². The van der Waals surface area contributed by atoms with Gasteiger partial charge in [0.1, 0.15) is 0 Å². The van der Waals surface area contributed by atoms with E-state index in [0.717, 1.165) is 5.56 Å². The Bertz CT molecular complexity index is 1170. The molecule has 0 spiro atoms. The van der Waals surface area contributed by atoms with Gasteiger partial charge in [0.15, 0.2) is 10.9 Å². The molecule has 2 aromatic heterocycles. The second-order valence-corrected chi connectivity index (χ2v) is 7.44. The van der Waals surface area contributed by atoms with E-state index >= 15 is 0 Å². The molecule has 156 valence electrons. The maximum atomic E-state index is 12.4. The van der Waals surface area contributed by atoms with E-state index in [2.05, 4.69) is 15.5 Å². The molecule has 2 heterocycles. The van der Waals surface area contributed by atoms with Crippen molar-refractivity contribution in [2.75, 3.05) is 11.1 Å². The average molecular weight is 435 g/mol. The van der Waals surface area contributed by atoms with Crippen LogP contribution in [0, 0.1) is 10.1 Å². The first-order chi connectivity index (χ1) is 15.1. The van der Waals surface area contributed by atoms with Crippen molar-refractivity contribution in [1.82, 2.24) is 14.8 Å². The molecule has 0 saturated carbocycles. The van der Waals surface area contributed by atoms with E-state index in [0.29, 0.717) is 29.0 Å². The summed E-state index contributed by atoms with van der Waals surface area (Å²) in [5.41, 5.74) is 1.51. The SMILES string of the molecule is O=C(CSc1nnc(-c2ccco2)n1Cc1ccccc1)Nc1ccc([N+](=O)[O-])cc1. The van der Waals surface area contributed by atoms with Crippen LogP contribution in [0.25, 0.3) is 11.6 Å². The molecule has 0 unspecified atom stereocenters.